The van der Waals surface area contributed by atoms with Crippen LogP contribution in [0.15, 0.2) is 0 Å². The van der Waals surface area contributed by atoms with Crippen LogP contribution >= 0.6 is 0 Å². The van der Waals surface area contributed by atoms with Crippen LogP contribution in [0.2, 0.25) is 0 Å². The van der Waals surface area contributed by atoms with Crippen LogP contribution in [0.1, 0.15) is 13.8 Å². The first-order valence-electron chi connectivity index (χ1n) is 2.62. The quantitative estimate of drug-likeness (QED) is 0.574. The van der Waals surface area contributed by atoms with Gasteiger partial charge in [0, 0.05) is 0 Å². The molecule has 0 unspecified atom stereocenters. The molecule has 0 radical (unpaired) electrons. The van der Waals surface area contributed by atoms with Crippen molar-refractivity contribution in [1.82, 2.24) is 0 Å². The third-order valence-corrected chi connectivity index (χ3v) is 0.580. The summed E-state index contributed by atoms with van der Waals surface area (Å²) in [5.74, 6) is -0.0772. The maximum Gasteiger partial charge on any atom is 0.522 e. The standard InChI is InChI=1S/C5H9F3O/c1-4(2)3-9-5(6,7)8/h4H,3H2,1-2H3. The van der Waals surface area contributed by atoms with Crippen LogP contribution < -0.4 is 0 Å². The van der Waals surface area contributed by atoms with Gasteiger partial charge in [-0.15, -0.1) is 13.2 Å². The third-order valence-electron chi connectivity index (χ3n) is 0.580. The molecule has 9 heavy (non-hydrogen) atoms. The van der Waals surface area contributed by atoms with Crippen LogP contribution in [0.5, 0.6) is 0 Å². The molecule has 0 N–H and O–H groups in total. The third kappa shape index (κ3) is 7.75. The average Bonchev–Trinajstić information content (AvgIpc) is 1.59. The summed E-state index contributed by atoms with van der Waals surface area (Å²) in [6.45, 7) is 3.06. The SMILES string of the molecule is CC(C)COC(F)(F)F. The fraction of sp³-hybridized carbons (Fsp3) is 1.00. The van der Waals surface area contributed by atoms with Crippen molar-refractivity contribution < 1.29 is 17.9 Å². The number of halogens is 3. The van der Waals surface area contributed by atoms with Crippen LogP contribution in [0.4, 0.5) is 13.2 Å². The van der Waals surface area contributed by atoms with Crippen molar-refractivity contribution >= 4 is 0 Å². The molecule has 0 saturated carbocycles. The van der Waals surface area contributed by atoms with E-state index in [0.29, 0.717) is 0 Å². The molecular weight excluding hydrogens is 133 g/mol. The Labute approximate surface area is 51.8 Å². The van der Waals surface area contributed by atoms with Crippen LogP contribution in [-0.4, -0.2) is 13.0 Å². The maximum atomic E-state index is 11.2. The molecule has 0 rings (SSSR count). The molecule has 0 spiro atoms. The van der Waals surface area contributed by atoms with Crippen LogP contribution in [0.25, 0.3) is 0 Å². The molecule has 0 saturated heterocycles. The summed E-state index contributed by atoms with van der Waals surface area (Å²) >= 11 is 0. The Morgan fingerprint density at radius 1 is 1.33 bits per heavy atom. The predicted octanol–water partition coefficient (Wildman–Crippen LogP) is 2.18. The number of hydrogen-bond acceptors (Lipinski definition) is 1. The summed E-state index contributed by atoms with van der Waals surface area (Å²) in [6, 6.07) is 0. The van der Waals surface area contributed by atoms with Crippen LogP contribution in [-0.2, 0) is 4.74 Å². The van der Waals surface area contributed by atoms with Crippen LogP contribution in [0, 0.1) is 5.92 Å². The normalized spacial score (nSPS) is 12.7. The van der Waals surface area contributed by atoms with Gasteiger partial charge in [0.25, 0.3) is 0 Å². The van der Waals surface area contributed by atoms with E-state index in [1.807, 2.05) is 0 Å². The summed E-state index contributed by atoms with van der Waals surface area (Å²) in [7, 11) is 0. The lowest BCUT2D eigenvalue weighted by Crippen LogP contribution is -2.16. The lowest BCUT2D eigenvalue weighted by molar-refractivity contribution is -0.327. The minimum Gasteiger partial charge on any atom is -0.292 e. The number of rotatable bonds is 2. The van der Waals surface area contributed by atoms with Gasteiger partial charge in [-0.3, -0.25) is 4.74 Å². The lowest BCUT2D eigenvalue weighted by atomic mass is 10.2. The zero-order chi connectivity index (χ0) is 7.49. The highest BCUT2D eigenvalue weighted by Gasteiger charge is 2.28. The molecule has 1 nitrogen and oxygen atoms in total. The van der Waals surface area contributed by atoms with Gasteiger partial charge in [0.05, 0.1) is 6.61 Å². The first-order valence-corrected chi connectivity index (χ1v) is 2.62. The molecule has 0 amide bonds. The molecule has 0 aromatic heterocycles. The highest BCUT2D eigenvalue weighted by molar-refractivity contribution is 4.39. The van der Waals surface area contributed by atoms with Gasteiger partial charge in [-0.05, 0) is 5.92 Å². The lowest BCUT2D eigenvalue weighted by Gasteiger charge is -2.08. The molecule has 56 valence electrons. The van der Waals surface area contributed by atoms with Crippen molar-refractivity contribution in [3.05, 3.63) is 0 Å². The maximum absolute atomic E-state index is 11.2. The largest absolute Gasteiger partial charge is 0.522 e. The van der Waals surface area contributed by atoms with E-state index < -0.39 is 6.36 Å². The van der Waals surface area contributed by atoms with Gasteiger partial charge in [0.15, 0.2) is 0 Å². The van der Waals surface area contributed by atoms with E-state index in [0.717, 1.165) is 0 Å². The highest BCUT2D eigenvalue weighted by atomic mass is 19.4. The van der Waals surface area contributed by atoms with E-state index >= 15 is 0 Å². The second-order valence-electron chi connectivity index (χ2n) is 2.15. The first-order chi connectivity index (χ1) is 3.92. The van der Waals surface area contributed by atoms with Crippen LogP contribution in [0.3, 0.4) is 0 Å². The fourth-order valence-electron chi connectivity index (χ4n) is 0.261. The average molecular weight is 142 g/mol. The Balaban J connectivity index is 3.28. The van der Waals surface area contributed by atoms with Gasteiger partial charge in [-0.25, -0.2) is 0 Å². The molecule has 0 aliphatic heterocycles. The van der Waals surface area contributed by atoms with Gasteiger partial charge in [0.2, 0.25) is 0 Å². The van der Waals surface area contributed by atoms with E-state index in [1.165, 1.54) is 0 Å². The summed E-state index contributed by atoms with van der Waals surface area (Å²) in [5.41, 5.74) is 0. The molecule has 0 aromatic carbocycles. The summed E-state index contributed by atoms with van der Waals surface area (Å²) in [5, 5.41) is 0. The Bertz CT molecular complexity index is 76.8. The Morgan fingerprint density at radius 3 is 1.89 bits per heavy atom. The minimum atomic E-state index is -4.47. The van der Waals surface area contributed by atoms with E-state index in [-0.39, 0.29) is 12.5 Å². The van der Waals surface area contributed by atoms with Crippen molar-refractivity contribution in [2.24, 2.45) is 5.92 Å². The van der Waals surface area contributed by atoms with E-state index in [1.54, 1.807) is 13.8 Å². The molecule has 0 aliphatic rings. The molecule has 0 bridgehead atoms. The van der Waals surface area contributed by atoms with Crippen molar-refractivity contribution in [2.75, 3.05) is 6.61 Å². The summed E-state index contributed by atoms with van der Waals surface area (Å²) < 4.78 is 37.1. The zero-order valence-corrected chi connectivity index (χ0v) is 5.33. The Kier molecular flexibility index (Phi) is 2.97. The van der Waals surface area contributed by atoms with Gasteiger partial charge in [-0.2, -0.15) is 0 Å². The van der Waals surface area contributed by atoms with Crippen molar-refractivity contribution in [3.8, 4) is 0 Å². The van der Waals surface area contributed by atoms with Crippen molar-refractivity contribution in [2.45, 2.75) is 20.2 Å². The molecule has 0 heterocycles. The summed E-state index contributed by atoms with van der Waals surface area (Å²) in [6.07, 6.45) is -4.47. The second-order valence-corrected chi connectivity index (χ2v) is 2.15. The van der Waals surface area contributed by atoms with E-state index in [2.05, 4.69) is 4.74 Å². The Hall–Kier alpha value is -0.250. The number of ether oxygens (including phenoxy) is 1. The highest BCUT2D eigenvalue weighted by Crippen LogP contribution is 2.16. The van der Waals surface area contributed by atoms with Crippen molar-refractivity contribution in [3.63, 3.8) is 0 Å². The molecule has 4 heteroatoms. The number of hydrogen-bond donors (Lipinski definition) is 0. The topological polar surface area (TPSA) is 9.23 Å². The molecule has 0 aromatic rings. The predicted molar refractivity (Wildman–Crippen MR) is 26.8 cm³/mol. The first kappa shape index (κ1) is 8.75. The molecule has 0 aliphatic carbocycles. The zero-order valence-electron chi connectivity index (χ0n) is 5.33. The molecule has 0 fully saturated rings. The fourth-order valence-corrected chi connectivity index (χ4v) is 0.261. The monoisotopic (exact) mass is 142 g/mol. The van der Waals surface area contributed by atoms with E-state index in [4.69, 9.17) is 0 Å². The second kappa shape index (κ2) is 3.06. The minimum absolute atomic E-state index is 0.0772. The number of alkyl halides is 3. The molecule has 0 atom stereocenters. The molecular formula is C5H9F3O. The van der Waals surface area contributed by atoms with Gasteiger partial charge < -0.3 is 0 Å². The van der Waals surface area contributed by atoms with Gasteiger partial charge >= 0.3 is 6.36 Å². The van der Waals surface area contributed by atoms with Crippen molar-refractivity contribution in [1.29, 1.82) is 0 Å². The smallest absolute Gasteiger partial charge is 0.292 e. The van der Waals surface area contributed by atoms with Gasteiger partial charge in [-0.1, -0.05) is 13.8 Å². The Morgan fingerprint density at radius 2 is 1.78 bits per heavy atom. The summed E-state index contributed by atoms with van der Waals surface area (Å²) in [4.78, 5) is 0. The van der Waals surface area contributed by atoms with Gasteiger partial charge in [0.1, 0.15) is 0 Å². The van der Waals surface area contributed by atoms with E-state index in [9.17, 15) is 13.2 Å².